The molecule has 1 N–H and O–H groups in total. The smallest absolute Gasteiger partial charge is 0.277 e. The van der Waals surface area contributed by atoms with Crippen LogP contribution in [0, 0.1) is 20.8 Å². The van der Waals surface area contributed by atoms with E-state index in [2.05, 4.69) is 20.5 Å². The van der Waals surface area contributed by atoms with Crippen molar-refractivity contribution < 1.29 is 9.21 Å². The van der Waals surface area contributed by atoms with Gasteiger partial charge in [-0.25, -0.2) is 4.98 Å². The van der Waals surface area contributed by atoms with Crippen LogP contribution < -0.4 is 5.32 Å². The van der Waals surface area contributed by atoms with Gasteiger partial charge < -0.3 is 9.73 Å². The number of anilines is 1. The normalized spacial score (nSPS) is 10.9. The molecule has 0 unspecified atom stereocenters. The van der Waals surface area contributed by atoms with Crippen LogP contribution in [-0.4, -0.2) is 26.8 Å². The lowest BCUT2D eigenvalue weighted by Crippen LogP contribution is -2.15. The highest BCUT2D eigenvalue weighted by atomic mass is 35.5. The molecule has 0 saturated carbocycles. The monoisotopic (exact) mass is 408 g/mol. The first-order chi connectivity index (χ1) is 12.4. The molecule has 136 valence electrons. The predicted molar refractivity (Wildman–Crippen MR) is 104 cm³/mol. The molecule has 0 aliphatic heterocycles. The van der Waals surface area contributed by atoms with Crippen LogP contribution in [0.4, 0.5) is 5.69 Å². The zero-order valence-corrected chi connectivity index (χ0v) is 16.9. The molecule has 0 saturated heterocycles. The Labute approximate surface area is 164 Å². The fraction of sp³-hybridized carbons (Fsp3) is 0.294. The van der Waals surface area contributed by atoms with Gasteiger partial charge in [-0.1, -0.05) is 29.4 Å². The lowest BCUT2D eigenvalue weighted by atomic mass is 10.1. The Morgan fingerprint density at radius 3 is 2.81 bits per heavy atom. The van der Waals surface area contributed by atoms with Gasteiger partial charge in [-0.05, 0) is 38.0 Å². The van der Waals surface area contributed by atoms with Crippen molar-refractivity contribution in [3.8, 4) is 0 Å². The van der Waals surface area contributed by atoms with Gasteiger partial charge in [0.15, 0.2) is 0 Å². The Hall–Kier alpha value is -1.90. The summed E-state index contributed by atoms with van der Waals surface area (Å²) in [5.41, 5.74) is 3.50. The summed E-state index contributed by atoms with van der Waals surface area (Å²) in [5.74, 6) is 0.454. The number of aromatic nitrogens is 3. The highest BCUT2D eigenvalue weighted by Gasteiger charge is 2.13. The molecule has 26 heavy (non-hydrogen) atoms. The number of thioether (sulfide) groups is 1. The van der Waals surface area contributed by atoms with E-state index in [1.54, 1.807) is 11.3 Å². The van der Waals surface area contributed by atoms with Crippen molar-refractivity contribution >= 4 is 46.3 Å². The van der Waals surface area contributed by atoms with Crippen LogP contribution >= 0.6 is 34.7 Å². The molecule has 0 bridgehead atoms. The molecule has 0 radical (unpaired) electrons. The molecule has 0 atom stereocenters. The zero-order valence-electron chi connectivity index (χ0n) is 14.5. The zero-order chi connectivity index (χ0) is 18.7. The Bertz CT molecular complexity index is 915. The highest BCUT2D eigenvalue weighted by molar-refractivity contribution is 7.99. The molecule has 3 rings (SSSR count). The van der Waals surface area contributed by atoms with E-state index in [0.717, 1.165) is 21.8 Å². The fourth-order valence-corrected chi connectivity index (χ4v) is 3.95. The van der Waals surface area contributed by atoms with Gasteiger partial charge in [0.05, 0.1) is 33.6 Å². The van der Waals surface area contributed by atoms with Crippen LogP contribution in [-0.2, 0) is 11.2 Å². The Morgan fingerprint density at radius 1 is 1.31 bits per heavy atom. The van der Waals surface area contributed by atoms with Gasteiger partial charge >= 0.3 is 0 Å². The maximum absolute atomic E-state index is 12.2. The van der Waals surface area contributed by atoms with Gasteiger partial charge in [0.25, 0.3) is 5.22 Å². The molecule has 9 heteroatoms. The van der Waals surface area contributed by atoms with E-state index >= 15 is 0 Å². The van der Waals surface area contributed by atoms with Crippen molar-refractivity contribution in [2.24, 2.45) is 0 Å². The number of nitrogens with zero attached hydrogens (tertiary/aromatic N) is 3. The number of aryl methyl sites for hydroxylation is 3. The van der Waals surface area contributed by atoms with Gasteiger partial charge in [0.2, 0.25) is 11.8 Å². The van der Waals surface area contributed by atoms with Crippen molar-refractivity contribution in [1.29, 1.82) is 0 Å². The molecule has 0 fully saturated rings. The van der Waals surface area contributed by atoms with Gasteiger partial charge in [0.1, 0.15) is 0 Å². The Balaban J connectivity index is 1.55. The quantitative estimate of drug-likeness (QED) is 0.608. The summed E-state index contributed by atoms with van der Waals surface area (Å²) in [5, 5.41) is 14.6. The van der Waals surface area contributed by atoms with Gasteiger partial charge in [-0.2, -0.15) is 0 Å². The van der Waals surface area contributed by atoms with Crippen LogP contribution in [0.5, 0.6) is 0 Å². The molecule has 6 nitrogen and oxygen atoms in total. The van der Waals surface area contributed by atoms with Gasteiger partial charge in [-0.15, -0.1) is 21.5 Å². The molecule has 2 aromatic heterocycles. The second kappa shape index (κ2) is 8.20. The number of halogens is 1. The van der Waals surface area contributed by atoms with Gasteiger partial charge in [0, 0.05) is 5.38 Å². The lowest BCUT2D eigenvalue weighted by Gasteiger charge is -2.11. The average Bonchev–Trinajstić information content (AvgIpc) is 3.18. The lowest BCUT2D eigenvalue weighted by molar-refractivity contribution is -0.113. The number of hydrogen-bond acceptors (Lipinski definition) is 7. The topological polar surface area (TPSA) is 80.9 Å². The number of benzene rings is 1. The van der Waals surface area contributed by atoms with Gasteiger partial charge in [-0.3, -0.25) is 4.79 Å². The summed E-state index contributed by atoms with van der Waals surface area (Å²) in [7, 11) is 0. The molecule has 1 amide bonds. The minimum absolute atomic E-state index is 0.154. The van der Waals surface area contributed by atoms with E-state index in [4.69, 9.17) is 16.0 Å². The Kier molecular flexibility index (Phi) is 5.95. The summed E-state index contributed by atoms with van der Waals surface area (Å²) in [6.07, 6.45) is 0.488. The third-order valence-electron chi connectivity index (χ3n) is 3.47. The number of carbonyl (C=O) groups excluding carboxylic acids is 1. The summed E-state index contributed by atoms with van der Waals surface area (Å²) < 4.78 is 5.56. The predicted octanol–water partition coefficient (Wildman–Crippen LogP) is 4.43. The first-order valence-electron chi connectivity index (χ1n) is 7.83. The van der Waals surface area contributed by atoms with E-state index in [9.17, 15) is 4.79 Å². The third-order valence-corrected chi connectivity index (χ3v) is 5.41. The number of carbonyl (C=O) groups is 1. The standard InChI is InChI=1S/C17H17ClN4O2S2/c1-9-4-10(2)16(13(18)5-9)20-14(23)8-26-17-22-21-15(24-17)6-12-7-25-11(3)19-12/h4-5,7H,6,8H2,1-3H3,(H,20,23). The van der Waals surface area contributed by atoms with Crippen molar-refractivity contribution in [2.45, 2.75) is 32.4 Å². The number of thiazole rings is 1. The Morgan fingerprint density at radius 2 is 2.12 bits per heavy atom. The average molecular weight is 409 g/mol. The third kappa shape index (κ3) is 4.84. The van der Waals surface area contributed by atoms with Crippen molar-refractivity contribution in [2.75, 3.05) is 11.1 Å². The summed E-state index contributed by atoms with van der Waals surface area (Å²) in [6.45, 7) is 5.82. The van der Waals surface area contributed by atoms with Crippen molar-refractivity contribution in [3.63, 3.8) is 0 Å². The van der Waals surface area contributed by atoms with Crippen molar-refractivity contribution in [1.82, 2.24) is 15.2 Å². The molecular formula is C17H17ClN4O2S2. The first-order valence-corrected chi connectivity index (χ1v) is 10.1. The molecule has 0 spiro atoms. The molecule has 0 aliphatic rings. The van der Waals surface area contributed by atoms with Crippen LogP contribution in [0.1, 0.15) is 27.7 Å². The molecule has 1 aromatic carbocycles. The maximum atomic E-state index is 12.2. The SMILES string of the molecule is Cc1cc(C)c(NC(=O)CSc2nnc(Cc3csc(C)n3)o2)c(Cl)c1. The van der Waals surface area contributed by atoms with Crippen molar-refractivity contribution in [3.05, 3.63) is 50.3 Å². The number of hydrogen-bond donors (Lipinski definition) is 1. The second-order valence-electron chi connectivity index (χ2n) is 5.77. The molecular weight excluding hydrogens is 392 g/mol. The first kappa shape index (κ1) is 18.9. The summed E-state index contributed by atoms with van der Waals surface area (Å²) in [4.78, 5) is 16.6. The molecule has 0 aliphatic carbocycles. The minimum atomic E-state index is -0.182. The number of amides is 1. The van der Waals surface area contributed by atoms with E-state index in [1.165, 1.54) is 11.8 Å². The van der Waals surface area contributed by atoms with Crippen LogP contribution in [0.15, 0.2) is 27.2 Å². The van der Waals surface area contributed by atoms with Crippen LogP contribution in [0.2, 0.25) is 5.02 Å². The minimum Gasteiger partial charge on any atom is -0.416 e. The van der Waals surface area contributed by atoms with E-state index in [0.29, 0.717) is 28.2 Å². The fourth-order valence-electron chi connectivity index (χ4n) is 2.39. The molecule has 2 heterocycles. The molecule has 3 aromatic rings. The van der Waals surface area contributed by atoms with Crippen LogP contribution in [0.25, 0.3) is 0 Å². The summed E-state index contributed by atoms with van der Waals surface area (Å²) >= 11 is 8.98. The number of rotatable bonds is 6. The summed E-state index contributed by atoms with van der Waals surface area (Å²) in [6, 6.07) is 3.79. The maximum Gasteiger partial charge on any atom is 0.277 e. The number of nitrogens with one attached hydrogen (secondary N) is 1. The van der Waals surface area contributed by atoms with E-state index < -0.39 is 0 Å². The van der Waals surface area contributed by atoms with Crippen LogP contribution in [0.3, 0.4) is 0 Å². The van der Waals surface area contributed by atoms with E-state index in [-0.39, 0.29) is 11.7 Å². The van der Waals surface area contributed by atoms with E-state index in [1.807, 2.05) is 38.3 Å². The second-order valence-corrected chi connectivity index (χ2v) is 8.17. The largest absolute Gasteiger partial charge is 0.416 e. The highest BCUT2D eigenvalue weighted by Crippen LogP contribution is 2.28.